The van der Waals surface area contributed by atoms with Crippen LogP contribution in [-0.4, -0.2) is 28.8 Å². The van der Waals surface area contributed by atoms with Crippen molar-refractivity contribution in [3.05, 3.63) is 82.1 Å². The van der Waals surface area contributed by atoms with E-state index in [1.165, 1.54) is 10.7 Å². The van der Waals surface area contributed by atoms with Crippen LogP contribution < -0.4 is 15.6 Å². The van der Waals surface area contributed by atoms with Crippen LogP contribution in [0.4, 0.5) is 0 Å². The Bertz CT molecular complexity index is 993. The second-order valence-electron chi connectivity index (χ2n) is 6.60. The Kier molecular flexibility index (Phi) is 6.22. The molecule has 0 saturated carbocycles. The van der Waals surface area contributed by atoms with Gasteiger partial charge >= 0.3 is 0 Å². The molecule has 0 aliphatic carbocycles. The molecule has 3 aromatic rings. The fraction of sp³-hybridized carbons (Fsp3) is 0.227. The number of nitrogens with one attached hydrogen (secondary N) is 1. The predicted octanol–water partition coefficient (Wildman–Crippen LogP) is 2.72. The first kappa shape index (κ1) is 19.4. The van der Waals surface area contributed by atoms with Crippen molar-refractivity contribution in [2.24, 2.45) is 0 Å². The summed E-state index contributed by atoms with van der Waals surface area (Å²) in [7, 11) is 0. The molecule has 6 nitrogen and oxygen atoms in total. The molecule has 144 valence electrons. The Morgan fingerprint density at radius 3 is 2.46 bits per heavy atom. The summed E-state index contributed by atoms with van der Waals surface area (Å²) in [4.78, 5) is 24.2. The van der Waals surface area contributed by atoms with Gasteiger partial charge < -0.3 is 10.1 Å². The Morgan fingerprint density at radius 2 is 1.75 bits per heavy atom. The van der Waals surface area contributed by atoms with Gasteiger partial charge in [0.1, 0.15) is 18.9 Å². The van der Waals surface area contributed by atoms with Crippen LogP contribution >= 0.6 is 0 Å². The van der Waals surface area contributed by atoms with E-state index in [-0.39, 0.29) is 18.0 Å². The smallest absolute Gasteiger partial charge is 0.267 e. The van der Waals surface area contributed by atoms with Gasteiger partial charge in [-0.25, -0.2) is 4.68 Å². The lowest BCUT2D eigenvalue weighted by Gasteiger charge is -2.10. The SMILES string of the molecule is Cc1cc(C)cc(OCCNC(=O)Cn2nc(-c3ccccc3)ccc2=O)c1. The number of benzene rings is 2. The van der Waals surface area contributed by atoms with E-state index in [1.54, 1.807) is 6.07 Å². The lowest BCUT2D eigenvalue weighted by Crippen LogP contribution is -2.35. The molecule has 6 heteroatoms. The van der Waals surface area contributed by atoms with E-state index in [9.17, 15) is 9.59 Å². The van der Waals surface area contributed by atoms with Crippen LogP contribution in [0.3, 0.4) is 0 Å². The highest BCUT2D eigenvalue weighted by Crippen LogP contribution is 2.16. The number of hydrogen-bond acceptors (Lipinski definition) is 4. The predicted molar refractivity (Wildman–Crippen MR) is 108 cm³/mol. The monoisotopic (exact) mass is 377 g/mol. The topological polar surface area (TPSA) is 73.2 Å². The lowest BCUT2D eigenvalue weighted by molar-refractivity contribution is -0.122. The molecule has 0 aliphatic heterocycles. The fourth-order valence-corrected chi connectivity index (χ4v) is 2.89. The summed E-state index contributed by atoms with van der Waals surface area (Å²) in [5, 5.41) is 7.04. The van der Waals surface area contributed by atoms with Crippen LogP contribution in [0.1, 0.15) is 11.1 Å². The molecule has 0 fully saturated rings. The highest BCUT2D eigenvalue weighted by molar-refractivity contribution is 5.75. The van der Waals surface area contributed by atoms with Crippen LogP contribution in [0, 0.1) is 13.8 Å². The fourth-order valence-electron chi connectivity index (χ4n) is 2.89. The van der Waals surface area contributed by atoms with Crippen molar-refractivity contribution >= 4 is 5.91 Å². The Labute approximate surface area is 163 Å². The van der Waals surface area contributed by atoms with Gasteiger partial charge in [0.15, 0.2) is 0 Å². The Hall–Kier alpha value is -3.41. The molecule has 0 unspecified atom stereocenters. The largest absolute Gasteiger partial charge is 0.492 e. The number of carbonyl (C=O) groups excluding carboxylic acids is 1. The van der Waals surface area contributed by atoms with Crippen molar-refractivity contribution in [1.29, 1.82) is 0 Å². The van der Waals surface area contributed by atoms with Gasteiger partial charge in [0.05, 0.1) is 12.2 Å². The maximum atomic E-state index is 12.2. The number of aromatic nitrogens is 2. The first-order valence-corrected chi connectivity index (χ1v) is 9.13. The third-order valence-corrected chi connectivity index (χ3v) is 4.12. The van der Waals surface area contributed by atoms with Gasteiger partial charge in [-0.1, -0.05) is 36.4 Å². The maximum Gasteiger partial charge on any atom is 0.267 e. The normalized spacial score (nSPS) is 10.5. The number of aryl methyl sites for hydroxylation is 2. The van der Waals surface area contributed by atoms with E-state index in [0.29, 0.717) is 18.8 Å². The van der Waals surface area contributed by atoms with Crippen LogP contribution in [0.15, 0.2) is 65.5 Å². The molecule has 0 radical (unpaired) electrons. The quantitative estimate of drug-likeness (QED) is 0.643. The van der Waals surface area contributed by atoms with E-state index in [1.807, 2.05) is 56.3 Å². The second kappa shape index (κ2) is 8.99. The third-order valence-electron chi connectivity index (χ3n) is 4.12. The van der Waals surface area contributed by atoms with Crippen LogP contribution in [0.25, 0.3) is 11.3 Å². The van der Waals surface area contributed by atoms with E-state index in [2.05, 4.69) is 16.5 Å². The Morgan fingerprint density at radius 1 is 1.04 bits per heavy atom. The summed E-state index contributed by atoms with van der Waals surface area (Å²) in [6.07, 6.45) is 0. The van der Waals surface area contributed by atoms with Gasteiger partial charge in [0.2, 0.25) is 5.91 Å². The number of ether oxygens (including phenoxy) is 1. The van der Waals surface area contributed by atoms with Crippen LogP contribution in [-0.2, 0) is 11.3 Å². The first-order chi connectivity index (χ1) is 13.5. The molecule has 1 heterocycles. The molecule has 1 amide bonds. The molecule has 1 aromatic heterocycles. The van der Waals surface area contributed by atoms with Crippen molar-refractivity contribution in [3.8, 4) is 17.0 Å². The van der Waals surface area contributed by atoms with Crippen molar-refractivity contribution in [1.82, 2.24) is 15.1 Å². The number of rotatable bonds is 7. The van der Waals surface area contributed by atoms with Crippen molar-refractivity contribution in [3.63, 3.8) is 0 Å². The van der Waals surface area contributed by atoms with Gasteiger partial charge in [0.25, 0.3) is 5.56 Å². The minimum Gasteiger partial charge on any atom is -0.492 e. The molecule has 0 spiro atoms. The zero-order chi connectivity index (χ0) is 19.9. The number of hydrogen-bond donors (Lipinski definition) is 1. The molecule has 0 aliphatic rings. The minimum atomic E-state index is -0.318. The molecule has 28 heavy (non-hydrogen) atoms. The average molecular weight is 377 g/mol. The summed E-state index contributed by atoms with van der Waals surface area (Å²) in [6, 6.07) is 18.6. The molecule has 2 aromatic carbocycles. The maximum absolute atomic E-state index is 12.2. The summed E-state index contributed by atoms with van der Waals surface area (Å²) in [5.74, 6) is 0.490. The summed E-state index contributed by atoms with van der Waals surface area (Å²) in [6.45, 7) is 4.58. The van der Waals surface area contributed by atoms with Crippen molar-refractivity contribution in [2.45, 2.75) is 20.4 Å². The van der Waals surface area contributed by atoms with Crippen molar-refractivity contribution < 1.29 is 9.53 Å². The molecule has 0 atom stereocenters. The number of nitrogens with zero attached hydrogens (tertiary/aromatic N) is 2. The molecule has 1 N–H and O–H groups in total. The second-order valence-corrected chi connectivity index (χ2v) is 6.60. The number of amides is 1. The van der Waals surface area contributed by atoms with E-state index in [4.69, 9.17) is 4.74 Å². The molecular weight excluding hydrogens is 354 g/mol. The highest BCUT2D eigenvalue weighted by Gasteiger charge is 2.08. The van der Waals surface area contributed by atoms with Gasteiger partial charge in [-0.2, -0.15) is 5.10 Å². The summed E-state index contributed by atoms with van der Waals surface area (Å²) in [5.41, 5.74) is 3.47. The van der Waals surface area contributed by atoms with Gasteiger partial charge in [-0.05, 0) is 43.2 Å². The van der Waals surface area contributed by atoms with Gasteiger partial charge in [-0.15, -0.1) is 0 Å². The third kappa shape index (κ3) is 5.30. The van der Waals surface area contributed by atoms with E-state index >= 15 is 0 Å². The van der Waals surface area contributed by atoms with E-state index < -0.39 is 0 Å². The number of carbonyl (C=O) groups is 1. The van der Waals surface area contributed by atoms with Crippen LogP contribution in [0.2, 0.25) is 0 Å². The zero-order valence-corrected chi connectivity index (χ0v) is 16.0. The minimum absolute atomic E-state index is 0.136. The Balaban J connectivity index is 1.54. The van der Waals surface area contributed by atoms with Crippen molar-refractivity contribution in [2.75, 3.05) is 13.2 Å². The molecule has 3 rings (SSSR count). The van der Waals surface area contributed by atoms with Gasteiger partial charge in [-0.3, -0.25) is 9.59 Å². The first-order valence-electron chi connectivity index (χ1n) is 9.13. The van der Waals surface area contributed by atoms with Gasteiger partial charge in [0, 0.05) is 11.6 Å². The average Bonchev–Trinajstić information content (AvgIpc) is 2.67. The van der Waals surface area contributed by atoms with Crippen LogP contribution in [0.5, 0.6) is 5.75 Å². The summed E-state index contributed by atoms with van der Waals surface area (Å²) < 4.78 is 6.84. The molecular formula is C22H23N3O3. The lowest BCUT2D eigenvalue weighted by atomic mass is 10.1. The van der Waals surface area contributed by atoms with E-state index in [0.717, 1.165) is 22.4 Å². The summed E-state index contributed by atoms with van der Waals surface area (Å²) >= 11 is 0. The standard InChI is InChI=1S/C22H23N3O3/c1-16-12-17(2)14-19(13-16)28-11-10-23-21(26)15-25-22(27)9-8-20(24-25)18-6-4-3-5-7-18/h3-9,12-14H,10-11,15H2,1-2H3,(H,23,26). The highest BCUT2D eigenvalue weighted by atomic mass is 16.5. The molecule has 0 bridgehead atoms. The molecule has 0 saturated heterocycles. The zero-order valence-electron chi connectivity index (χ0n) is 16.0.